The lowest BCUT2D eigenvalue weighted by Crippen LogP contribution is -2.29. The molecular formula is C50H91O10P. The fraction of sp³-hybridized carbons (Fsp3) is 0.800. The van der Waals surface area contributed by atoms with E-state index in [9.17, 15) is 24.2 Å². The lowest BCUT2D eigenvalue weighted by molar-refractivity contribution is -0.161. The maximum atomic E-state index is 12.7. The summed E-state index contributed by atoms with van der Waals surface area (Å²) in [6, 6.07) is 0. The molecule has 11 heteroatoms. The smallest absolute Gasteiger partial charge is 0.462 e. The van der Waals surface area contributed by atoms with Gasteiger partial charge < -0.3 is 24.6 Å². The Labute approximate surface area is 373 Å². The second kappa shape index (κ2) is 45.9. The Kier molecular flexibility index (Phi) is 44.4. The molecule has 3 atom stereocenters. The Morgan fingerprint density at radius 1 is 0.508 bits per heavy atom. The van der Waals surface area contributed by atoms with E-state index in [4.69, 9.17) is 23.6 Å². The number of esters is 2. The van der Waals surface area contributed by atoms with Crippen molar-refractivity contribution in [1.82, 2.24) is 0 Å². The van der Waals surface area contributed by atoms with Gasteiger partial charge in [0, 0.05) is 12.8 Å². The van der Waals surface area contributed by atoms with E-state index in [1.165, 1.54) is 96.3 Å². The van der Waals surface area contributed by atoms with E-state index in [2.05, 4.69) is 62.5 Å². The molecule has 356 valence electrons. The number of carbonyl (C=O) groups excluding carboxylic acids is 2. The highest BCUT2D eigenvalue weighted by Crippen LogP contribution is 2.43. The molecule has 0 aliphatic rings. The van der Waals surface area contributed by atoms with Gasteiger partial charge in [-0.15, -0.1) is 0 Å². The third-order valence-electron chi connectivity index (χ3n) is 10.5. The molecule has 0 bridgehead atoms. The number of hydrogen-bond donors (Lipinski definition) is 3. The van der Waals surface area contributed by atoms with Crippen LogP contribution in [0.15, 0.2) is 48.6 Å². The molecule has 0 heterocycles. The summed E-state index contributed by atoms with van der Waals surface area (Å²) in [5, 5.41) is 18.4. The van der Waals surface area contributed by atoms with Crippen molar-refractivity contribution in [2.45, 2.75) is 232 Å². The van der Waals surface area contributed by atoms with Crippen molar-refractivity contribution in [3.8, 4) is 0 Å². The number of hydrogen-bond acceptors (Lipinski definition) is 9. The first-order valence-corrected chi connectivity index (χ1v) is 26.1. The van der Waals surface area contributed by atoms with Crippen molar-refractivity contribution in [3.05, 3.63) is 48.6 Å². The molecule has 0 aromatic carbocycles. The minimum absolute atomic E-state index is 0.168. The third kappa shape index (κ3) is 45.8. The normalized spacial score (nSPS) is 14.1. The predicted molar refractivity (Wildman–Crippen MR) is 251 cm³/mol. The highest BCUT2D eigenvalue weighted by molar-refractivity contribution is 7.47. The largest absolute Gasteiger partial charge is 0.472 e. The van der Waals surface area contributed by atoms with Crippen LogP contribution < -0.4 is 0 Å². The lowest BCUT2D eigenvalue weighted by Gasteiger charge is -2.20. The number of ether oxygens (including phenoxy) is 2. The standard InChI is InChI=1S/C50H91O10P/c1-3-5-7-9-11-13-15-17-19-21-23-25-27-29-31-33-35-37-39-41-49(53)57-45-48(46-59-61(55,56)58-44-47(52)43-51)60-50(54)42-40-38-36-34-32-30-28-26-24-22-20-18-16-14-12-10-8-6-4-2/h6,8,12,14,18,20,24,26,47-48,51-52H,3-5,7,9-11,13,15-17,19,21-23,25,27-46H2,1-2H3,(H,55,56)/b8-6-,14-12-,20-18-,26-24-. The van der Waals surface area contributed by atoms with Crippen molar-refractivity contribution in [2.75, 3.05) is 26.4 Å². The van der Waals surface area contributed by atoms with Gasteiger partial charge in [-0.3, -0.25) is 18.6 Å². The molecule has 0 aromatic heterocycles. The number of unbranched alkanes of at least 4 members (excludes halogenated alkanes) is 24. The van der Waals surface area contributed by atoms with Crippen molar-refractivity contribution in [1.29, 1.82) is 0 Å². The minimum atomic E-state index is -4.63. The van der Waals surface area contributed by atoms with Gasteiger partial charge in [0.1, 0.15) is 12.7 Å². The molecular weight excluding hydrogens is 792 g/mol. The highest BCUT2D eigenvalue weighted by atomic mass is 31.2. The number of aliphatic hydroxyl groups excluding tert-OH is 2. The zero-order valence-corrected chi connectivity index (χ0v) is 39.8. The van der Waals surface area contributed by atoms with Gasteiger partial charge in [-0.25, -0.2) is 4.57 Å². The monoisotopic (exact) mass is 883 g/mol. The maximum Gasteiger partial charge on any atom is 0.472 e. The van der Waals surface area contributed by atoms with Gasteiger partial charge in [0.05, 0.1) is 19.8 Å². The maximum absolute atomic E-state index is 12.7. The Hall–Kier alpha value is -2.07. The SMILES string of the molecule is CC/C=C\C/C=C\C/C=C\C/C=C\CCCCCCCCC(=O)OC(COC(=O)CCCCCCCCCCCCCCCCCCCCC)COP(=O)(O)OCC(O)CO. The van der Waals surface area contributed by atoms with Crippen LogP contribution in [0, 0.1) is 0 Å². The molecule has 0 spiro atoms. The van der Waals surface area contributed by atoms with Gasteiger partial charge in [-0.05, 0) is 51.4 Å². The lowest BCUT2D eigenvalue weighted by atomic mass is 10.0. The molecule has 61 heavy (non-hydrogen) atoms. The van der Waals surface area contributed by atoms with Crippen molar-refractivity contribution in [3.63, 3.8) is 0 Å². The van der Waals surface area contributed by atoms with E-state index in [0.717, 1.165) is 83.5 Å². The molecule has 10 nitrogen and oxygen atoms in total. The minimum Gasteiger partial charge on any atom is -0.462 e. The molecule has 0 radical (unpaired) electrons. The summed E-state index contributed by atoms with van der Waals surface area (Å²) < 4.78 is 32.8. The average Bonchev–Trinajstić information content (AvgIpc) is 3.25. The van der Waals surface area contributed by atoms with Crippen LogP contribution in [0.2, 0.25) is 0 Å². The van der Waals surface area contributed by atoms with Crippen LogP contribution in [0.3, 0.4) is 0 Å². The van der Waals surface area contributed by atoms with E-state index < -0.39 is 51.8 Å². The van der Waals surface area contributed by atoms with E-state index in [1.54, 1.807) is 0 Å². The van der Waals surface area contributed by atoms with Gasteiger partial charge in [0.25, 0.3) is 0 Å². The van der Waals surface area contributed by atoms with Gasteiger partial charge in [-0.2, -0.15) is 0 Å². The number of carbonyl (C=O) groups is 2. The molecule has 0 saturated heterocycles. The molecule has 0 amide bonds. The Morgan fingerprint density at radius 2 is 0.902 bits per heavy atom. The first-order valence-electron chi connectivity index (χ1n) is 24.6. The van der Waals surface area contributed by atoms with E-state index in [-0.39, 0.29) is 19.4 Å². The second-order valence-corrected chi connectivity index (χ2v) is 17.9. The summed E-state index contributed by atoms with van der Waals surface area (Å²) in [6.45, 7) is 2.28. The Morgan fingerprint density at radius 3 is 1.36 bits per heavy atom. The molecule has 3 N–H and O–H groups in total. The molecule has 0 fully saturated rings. The van der Waals surface area contributed by atoms with Gasteiger partial charge in [0.2, 0.25) is 0 Å². The van der Waals surface area contributed by atoms with Crippen LogP contribution in [-0.4, -0.2) is 65.7 Å². The summed E-state index contributed by atoms with van der Waals surface area (Å²) in [5.41, 5.74) is 0. The summed E-state index contributed by atoms with van der Waals surface area (Å²) in [6.07, 6.45) is 50.7. The zero-order valence-electron chi connectivity index (χ0n) is 38.9. The number of aliphatic hydroxyl groups is 2. The summed E-state index contributed by atoms with van der Waals surface area (Å²) >= 11 is 0. The highest BCUT2D eigenvalue weighted by Gasteiger charge is 2.27. The van der Waals surface area contributed by atoms with Gasteiger partial charge in [0.15, 0.2) is 6.10 Å². The van der Waals surface area contributed by atoms with Crippen LogP contribution in [0.1, 0.15) is 219 Å². The van der Waals surface area contributed by atoms with Crippen LogP contribution in [-0.2, 0) is 32.7 Å². The van der Waals surface area contributed by atoms with E-state index >= 15 is 0 Å². The second-order valence-electron chi connectivity index (χ2n) is 16.5. The van der Waals surface area contributed by atoms with Crippen molar-refractivity contribution < 1.29 is 47.8 Å². The molecule has 0 aromatic rings. The zero-order chi connectivity index (χ0) is 44.8. The molecule has 0 saturated carbocycles. The van der Waals surface area contributed by atoms with Crippen LogP contribution in [0.4, 0.5) is 0 Å². The number of allylic oxidation sites excluding steroid dienone is 8. The number of phosphoric acid groups is 1. The predicted octanol–water partition coefficient (Wildman–Crippen LogP) is 13.7. The van der Waals surface area contributed by atoms with Crippen LogP contribution in [0.25, 0.3) is 0 Å². The molecule has 0 aliphatic carbocycles. The quantitative estimate of drug-likeness (QED) is 0.0233. The summed E-state index contributed by atoms with van der Waals surface area (Å²) in [4.78, 5) is 35.1. The Bertz CT molecular complexity index is 1150. The summed E-state index contributed by atoms with van der Waals surface area (Å²) in [7, 11) is -4.63. The fourth-order valence-electron chi connectivity index (χ4n) is 6.75. The number of phosphoric ester groups is 1. The Balaban J connectivity index is 4.22. The number of rotatable bonds is 46. The van der Waals surface area contributed by atoms with E-state index in [0.29, 0.717) is 12.8 Å². The molecule has 0 aliphatic heterocycles. The fourth-order valence-corrected chi connectivity index (χ4v) is 7.54. The average molecular weight is 883 g/mol. The van der Waals surface area contributed by atoms with Crippen molar-refractivity contribution >= 4 is 19.8 Å². The molecule has 0 rings (SSSR count). The first kappa shape index (κ1) is 58.9. The third-order valence-corrected chi connectivity index (χ3v) is 11.4. The van der Waals surface area contributed by atoms with E-state index in [1.807, 2.05) is 0 Å². The molecule has 3 unspecified atom stereocenters. The van der Waals surface area contributed by atoms with Crippen molar-refractivity contribution in [2.24, 2.45) is 0 Å². The van der Waals surface area contributed by atoms with Gasteiger partial charge >= 0.3 is 19.8 Å². The summed E-state index contributed by atoms with van der Waals surface area (Å²) in [5.74, 6) is -0.934. The van der Waals surface area contributed by atoms with Crippen LogP contribution >= 0.6 is 7.82 Å². The van der Waals surface area contributed by atoms with Gasteiger partial charge in [-0.1, -0.05) is 204 Å². The topological polar surface area (TPSA) is 149 Å². The van der Waals surface area contributed by atoms with Crippen LogP contribution in [0.5, 0.6) is 0 Å². The first-order chi connectivity index (χ1) is 29.7.